The van der Waals surface area contributed by atoms with Gasteiger partial charge in [-0.1, -0.05) is 268 Å². The number of carbonyl (C=O) groups excluding carboxylic acids is 1. The Labute approximate surface area is 444 Å². The zero-order valence-electron chi connectivity index (χ0n) is 46.9. The van der Waals surface area contributed by atoms with E-state index in [2.05, 4.69) is 55.6 Å². The van der Waals surface area contributed by atoms with Gasteiger partial charge in [0.05, 0.1) is 25.4 Å². The van der Waals surface area contributed by atoms with Gasteiger partial charge in [0.2, 0.25) is 5.91 Å². The van der Waals surface area contributed by atoms with Gasteiger partial charge in [-0.25, -0.2) is 0 Å². The van der Waals surface area contributed by atoms with Gasteiger partial charge >= 0.3 is 0 Å². The highest BCUT2D eigenvalue weighted by atomic mass is 16.7. The van der Waals surface area contributed by atoms with Gasteiger partial charge < -0.3 is 40.3 Å². The van der Waals surface area contributed by atoms with Crippen molar-refractivity contribution in [1.29, 1.82) is 0 Å². The number of hydrogen-bond donors (Lipinski definition) is 6. The molecule has 0 bridgehead atoms. The van der Waals surface area contributed by atoms with Crippen LogP contribution < -0.4 is 5.32 Å². The van der Waals surface area contributed by atoms with Gasteiger partial charge in [0.15, 0.2) is 6.29 Å². The first-order chi connectivity index (χ1) is 35.3. The summed E-state index contributed by atoms with van der Waals surface area (Å²) in [6, 6.07) is -0.820. The molecule has 7 atom stereocenters. The smallest absolute Gasteiger partial charge is 0.220 e. The van der Waals surface area contributed by atoms with Crippen molar-refractivity contribution in [3.8, 4) is 0 Å². The number of rotatable bonds is 53. The molecule has 72 heavy (non-hydrogen) atoms. The van der Waals surface area contributed by atoms with E-state index in [1.165, 1.54) is 225 Å². The molecule has 1 saturated heterocycles. The third-order valence-electron chi connectivity index (χ3n) is 14.6. The van der Waals surface area contributed by atoms with Crippen molar-refractivity contribution >= 4 is 5.91 Å². The minimum atomic E-state index is -1.57. The van der Waals surface area contributed by atoms with Crippen LogP contribution in [0.2, 0.25) is 0 Å². The molecule has 0 spiro atoms. The van der Waals surface area contributed by atoms with E-state index in [1.54, 1.807) is 6.08 Å². The molecule has 1 aliphatic heterocycles. The molecule has 0 radical (unpaired) electrons. The van der Waals surface area contributed by atoms with E-state index < -0.39 is 49.5 Å². The summed E-state index contributed by atoms with van der Waals surface area (Å²) in [6.07, 6.45) is 63.5. The molecule has 0 aliphatic carbocycles. The Bertz CT molecular complexity index is 1270. The molecule has 422 valence electrons. The fourth-order valence-electron chi connectivity index (χ4n) is 9.73. The Morgan fingerprint density at radius 3 is 1.25 bits per heavy atom. The lowest BCUT2D eigenvalue weighted by atomic mass is 9.99. The largest absolute Gasteiger partial charge is 0.394 e. The van der Waals surface area contributed by atoms with Crippen molar-refractivity contribution in [1.82, 2.24) is 5.32 Å². The fourth-order valence-corrected chi connectivity index (χ4v) is 9.73. The number of aliphatic hydroxyl groups is 5. The molecule has 9 heteroatoms. The number of aliphatic hydroxyl groups excluding tert-OH is 5. The van der Waals surface area contributed by atoms with Crippen LogP contribution in [0.15, 0.2) is 48.6 Å². The maximum atomic E-state index is 13.0. The number of ether oxygens (including phenoxy) is 2. The average molecular weight is 1020 g/mol. The SMILES string of the molecule is CCCCCCC/C=C\C/C=C\CCCCCCCCCCCCCCCCCCCCCCCCCC(=O)NC(COC1OC(CO)C(O)C(O)C1O)C(O)/C=C/CC/C=C/CCCCCCCCCC. The van der Waals surface area contributed by atoms with Crippen LogP contribution in [-0.4, -0.2) is 87.5 Å². The van der Waals surface area contributed by atoms with Gasteiger partial charge in [0.25, 0.3) is 0 Å². The van der Waals surface area contributed by atoms with Crippen molar-refractivity contribution in [3.63, 3.8) is 0 Å². The molecule has 1 amide bonds. The van der Waals surface area contributed by atoms with Crippen LogP contribution in [0, 0.1) is 0 Å². The van der Waals surface area contributed by atoms with Crippen LogP contribution in [0.4, 0.5) is 0 Å². The zero-order valence-corrected chi connectivity index (χ0v) is 46.9. The number of hydrogen-bond acceptors (Lipinski definition) is 8. The molecule has 0 saturated carbocycles. The summed E-state index contributed by atoms with van der Waals surface area (Å²) in [5.41, 5.74) is 0. The van der Waals surface area contributed by atoms with Gasteiger partial charge in [-0.3, -0.25) is 4.79 Å². The van der Waals surface area contributed by atoms with Crippen molar-refractivity contribution < 1.29 is 39.8 Å². The van der Waals surface area contributed by atoms with Crippen LogP contribution >= 0.6 is 0 Å². The monoisotopic (exact) mass is 1020 g/mol. The molecular formula is C63H117NO8. The highest BCUT2D eigenvalue weighted by Gasteiger charge is 2.44. The predicted molar refractivity (Wildman–Crippen MR) is 304 cm³/mol. The molecule has 1 fully saturated rings. The van der Waals surface area contributed by atoms with Crippen molar-refractivity contribution in [2.45, 2.75) is 333 Å². The standard InChI is InChI=1S/C63H117NO8/c1-3-5-7-9-11-13-15-17-19-20-21-22-23-24-25-26-27-28-29-30-31-32-33-34-35-36-37-38-39-41-43-45-47-49-51-53-59(67)64-56(55-71-63-62(70)61(69)60(68)58(54-65)72-63)57(66)52-50-48-46-44-42-40-18-16-14-12-10-8-6-4-2/h15,17,20-21,42,44,50,52,56-58,60-63,65-66,68-70H,3-14,16,18-19,22-41,43,45-49,51,53-55H2,1-2H3,(H,64,67)/b17-15-,21-20-,44-42+,52-50+. The minimum Gasteiger partial charge on any atom is -0.394 e. The molecule has 7 unspecified atom stereocenters. The predicted octanol–water partition coefficient (Wildman–Crippen LogP) is 15.7. The molecule has 0 aromatic rings. The van der Waals surface area contributed by atoms with Crippen LogP contribution in [-0.2, 0) is 14.3 Å². The van der Waals surface area contributed by atoms with Crippen molar-refractivity contribution in [2.75, 3.05) is 13.2 Å². The fraction of sp³-hybridized carbons (Fsp3) is 0.857. The summed E-state index contributed by atoms with van der Waals surface area (Å²) in [4.78, 5) is 13.0. The average Bonchev–Trinajstić information content (AvgIpc) is 3.38. The number of unbranched alkanes of at least 4 members (excludes halogenated alkanes) is 37. The van der Waals surface area contributed by atoms with Gasteiger partial charge in [0, 0.05) is 6.42 Å². The lowest BCUT2D eigenvalue weighted by Crippen LogP contribution is -2.60. The normalized spacial score (nSPS) is 19.5. The Hall–Kier alpha value is -1.85. The highest BCUT2D eigenvalue weighted by Crippen LogP contribution is 2.23. The summed E-state index contributed by atoms with van der Waals surface area (Å²) < 4.78 is 11.2. The number of amides is 1. The van der Waals surface area contributed by atoms with Gasteiger partial charge in [0.1, 0.15) is 24.4 Å². The molecule has 0 aromatic carbocycles. The Kier molecular flexibility index (Phi) is 49.8. The molecule has 1 heterocycles. The zero-order chi connectivity index (χ0) is 52.2. The highest BCUT2D eigenvalue weighted by molar-refractivity contribution is 5.76. The maximum absolute atomic E-state index is 13.0. The molecular weight excluding hydrogens is 899 g/mol. The first-order valence-corrected chi connectivity index (χ1v) is 30.9. The Balaban J connectivity index is 2.09. The lowest BCUT2D eigenvalue weighted by molar-refractivity contribution is -0.302. The van der Waals surface area contributed by atoms with Gasteiger partial charge in [-0.15, -0.1) is 0 Å². The Morgan fingerprint density at radius 2 is 0.833 bits per heavy atom. The second kappa shape index (κ2) is 52.6. The molecule has 6 N–H and O–H groups in total. The van der Waals surface area contributed by atoms with Crippen LogP contribution in [0.5, 0.6) is 0 Å². The van der Waals surface area contributed by atoms with E-state index in [0.29, 0.717) is 6.42 Å². The van der Waals surface area contributed by atoms with Crippen LogP contribution in [0.1, 0.15) is 290 Å². The maximum Gasteiger partial charge on any atom is 0.220 e. The Morgan fingerprint density at radius 1 is 0.472 bits per heavy atom. The van der Waals surface area contributed by atoms with Crippen LogP contribution in [0.25, 0.3) is 0 Å². The molecule has 1 rings (SSSR count). The first-order valence-electron chi connectivity index (χ1n) is 30.9. The summed E-state index contributed by atoms with van der Waals surface area (Å²) in [5.74, 6) is -0.183. The number of carbonyl (C=O) groups is 1. The lowest BCUT2D eigenvalue weighted by Gasteiger charge is -2.40. The third-order valence-corrected chi connectivity index (χ3v) is 14.6. The van der Waals surface area contributed by atoms with E-state index in [4.69, 9.17) is 9.47 Å². The van der Waals surface area contributed by atoms with E-state index in [-0.39, 0.29) is 12.5 Å². The van der Waals surface area contributed by atoms with Gasteiger partial charge in [-0.2, -0.15) is 0 Å². The van der Waals surface area contributed by atoms with E-state index in [1.807, 2.05) is 6.08 Å². The summed E-state index contributed by atoms with van der Waals surface area (Å²) >= 11 is 0. The van der Waals surface area contributed by atoms with E-state index in [9.17, 15) is 30.3 Å². The first kappa shape index (κ1) is 68.2. The molecule has 0 aromatic heterocycles. The van der Waals surface area contributed by atoms with Crippen molar-refractivity contribution in [3.05, 3.63) is 48.6 Å². The van der Waals surface area contributed by atoms with E-state index >= 15 is 0 Å². The minimum absolute atomic E-state index is 0.183. The summed E-state index contributed by atoms with van der Waals surface area (Å²) in [5, 5.41) is 54.4. The van der Waals surface area contributed by atoms with Crippen LogP contribution in [0.3, 0.4) is 0 Å². The topological polar surface area (TPSA) is 149 Å². The summed E-state index contributed by atoms with van der Waals surface area (Å²) in [6.45, 7) is 3.76. The number of allylic oxidation sites excluding steroid dienone is 7. The quantitative estimate of drug-likeness (QED) is 0.0261. The van der Waals surface area contributed by atoms with Crippen molar-refractivity contribution in [2.24, 2.45) is 0 Å². The molecule has 1 aliphatic rings. The molecule has 9 nitrogen and oxygen atoms in total. The second-order valence-electron chi connectivity index (χ2n) is 21.5. The second-order valence-corrected chi connectivity index (χ2v) is 21.5. The third kappa shape index (κ3) is 41.4. The summed E-state index contributed by atoms with van der Waals surface area (Å²) in [7, 11) is 0. The number of nitrogens with one attached hydrogen (secondary N) is 1. The van der Waals surface area contributed by atoms with Gasteiger partial charge in [-0.05, 0) is 64.2 Å². The van der Waals surface area contributed by atoms with E-state index in [0.717, 1.165) is 44.9 Å².